The number of amides is 3. The van der Waals surface area contributed by atoms with Gasteiger partial charge in [0.15, 0.2) is 0 Å². The van der Waals surface area contributed by atoms with Gasteiger partial charge in [-0.25, -0.2) is 9.59 Å². The van der Waals surface area contributed by atoms with E-state index in [9.17, 15) is 14.4 Å². The molecule has 3 amide bonds. The fourth-order valence-electron chi connectivity index (χ4n) is 0.955. The number of urea groups is 1. The fraction of sp³-hybridized carbons (Fsp3) is 0.500. The average molecular weight is 172 g/mol. The number of carboxylic acids is 1. The summed E-state index contributed by atoms with van der Waals surface area (Å²) < 4.78 is 0. The Hall–Kier alpha value is -1.59. The van der Waals surface area contributed by atoms with Gasteiger partial charge in [-0.15, -0.1) is 0 Å². The van der Waals surface area contributed by atoms with Crippen LogP contribution in [0.3, 0.4) is 0 Å². The van der Waals surface area contributed by atoms with Crippen LogP contribution in [0.15, 0.2) is 0 Å². The molecule has 0 spiro atoms. The smallest absolute Gasteiger partial charge is 0.327 e. The minimum absolute atomic E-state index is 0.564. The Morgan fingerprint density at radius 3 is 2.58 bits per heavy atom. The van der Waals surface area contributed by atoms with E-state index in [4.69, 9.17) is 5.11 Å². The first-order chi connectivity index (χ1) is 5.52. The Kier molecular flexibility index (Phi) is 1.99. The van der Waals surface area contributed by atoms with Gasteiger partial charge in [0.05, 0.1) is 5.92 Å². The van der Waals surface area contributed by atoms with Crippen LogP contribution in [0.2, 0.25) is 0 Å². The van der Waals surface area contributed by atoms with Gasteiger partial charge in [0.1, 0.15) is 6.04 Å². The van der Waals surface area contributed by atoms with Crippen molar-refractivity contribution in [1.29, 1.82) is 0 Å². The number of carbonyl (C=O) groups is 3. The number of imide groups is 1. The molecular formula is C6H8N2O4. The number of nitrogens with one attached hydrogen (secondary N) is 2. The maximum Gasteiger partial charge on any atom is 0.327 e. The van der Waals surface area contributed by atoms with Crippen LogP contribution in [-0.4, -0.2) is 29.1 Å². The number of rotatable bonds is 1. The Labute approximate surface area is 67.9 Å². The standard InChI is InChI=1S/C6H8N2O4/c1-2-3(5(10)11)7-6(12)8-4(2)9/h2-3H,1H3,(H,10,11)(H2,7,8,9,12)/t2-,3-/m1/s1. The van der Waals surface area contributed by atoms with E-state index in [0.29, 0.717) is 0 Å². The molecular weight excluding hydrogens is 164 g/mol. The molecule has 2 atom stereocenters. The van der Waals surface area contributed by atoms with Crippen molar-refractivity contribution >= 4 is 17.9 Å². The summed E-state index contributed by atoms with van der Waals surface area (Å²) in [6.07, 6.45) is 0. The molecule has 0 bridgehead atoms. The highest BCUT2D eigenvalue weighted by Gasteiger charge is 2.36. The van der Waals surface area contributed by atoms with E-state index in [-0.39, 0.29) is 0 Å². The molecule has 1 aliphatic rings. The Bertz CT molecular complexity index is 250. The van der Waals surface area contributed by atoms with Crippen molar-refractivity contribution in [3.63, 3.8) is 0 Å². The number of carboxylic acid groups (broad SMARTS) is 1. The van der Waals surface area contributed by atoms with Crippen LogP contribution in [0.4, 0.5) is 4.79 Å². The number of carbonyl (C=O) groups excluding carboxylic acids is 2. The lowest BCUT2D eigenvalue weighted by atomic mass is 10.00. The van der Waals surface area contributed by atoms with Crippen LogP contribution in [-0.2, 0) is 9.59 Å². The molecule has 3 N–H and O–H groups in total. The van der Waals surface area contributed by atoms with E-state index >= 15 is 0 Å². The summed E-state index contributed by atoms with van der Waals surface area (Å²) in [5.41, 5.74) is 0. The van der Waals surface area contributed by atoms with Crippen LogP contribution in [0.25, 0.3) is 0 Å². The lowest BCUT2D eigenvalue weighted by Gasteiger charge is -2.25. The lowest BCUT2D eigenvalue weighted by molar-refractivity contribution is -0.144. The molecule has 0 aromatic heterocycles. The molecule has 0 aromatic rings. The summed E-state index contributed by atoms with van der Waals surface area (Å²) in [6.45, 7) is 1.44. The minimum Gasteiger partial charge on any atom is -0.480 e. The first-order valence-electron chi connectivity index (χ1n) is 3.36. The molecule has 1 aliphatic heterocycles. The lowest BCUT2D eigenvalue weighted by Crippen LogP contribution is -2.60. The molecule has 0 unspecified atom stereocenters. The second kappa shape index (κ2) is 2.80. The topological polar surface area (TPSA) is 95.5 Å². The van der Waals surface area contributed by atoms with Gasteiger partial charge in [-0.05, 0) is 0 Å². The SMILES string of the molecule is C[C@H]1C(=O)NC(=O)N[C@H]1C(=O)O. The molecule has 1 heterocycles. The summed E-state index contributed by atoms with van der Waals surface area (Å²) in [7, 11) is 0. The maximum absolute atomic E-state index is 10.9. The van der Waals surface area contributed by atoms with Gasteiger partial charge in [-0.2, -0.15) is 0 Å². The minimum atomic E-state index is -1.20. The number of aliphatic carboxylic acids is 1. The van der Waals surface area contributed by atoms with Gasteiger partial charge >= 0.3 is 12.0 Å². The molecule has 1 rings (SSSR count). The molecule has 66 valence electrons. The summed E-state index contributed by atoms with van der Waals surface area (Å²) in [5, 5.41) is 12.6. The van der Waals surface area contributed by atoms with Crippen molar-refractivity contribution in [3.8, 4) is 0 Å². The van der Waals surface area contributed by atoms with Gasteiger partial charge in [-0.1, -0.05) is 6.92 Å². The zero-order chi connectivity index (χ0) is 9.30. The van der Waals surface area contributed by atoms with Gasteiger partial charge in [0, 0.05) is 0 Å². The summed E-state index contributed by atoms with van der Waals surface area (Å²) in [5.74, 6) is -2.50. The molecule has 0 saturated carbocycles. The molecule has 0 aliphatic carbocycles. The summed E-state index contributed by atoms with van der Waals surface area (Å²) in [6, 6.07) is -1.88. The largest absolute Gasteiger partial charge is 0.480 e. The van der Waals surface area contributed by atoms with Crippen molar-refractivity contribution in [1.82, 2.24) is 10.6 Å². The zero-order valence-corrected chi connectivity index (χ0v) is 6.33. The van der Waals surface area contributed by atoms with Crippen molar-refractivity contribution in [3.05, 3.63) is 0 Å². The Morgan fingerprint density at radius 2 is 2.08 bits per heavy atom. The van der Waals surface area contributed by atoms with Crippen molar-refractivity contribution in [2.45, 2.75) is 13.0 Å². The first kappa shape index (κ1) is 8.51. The molecule has 6 heteroatoms. The van der Waals surface area contributed by atoms with Crippen LogP contribution < -0.4 is 10.6 Å². The van der Waals surface area contributed by atoms with Gasteiger partial charge in [-0.3, -0.25) is 10.1 Å². The molecule has 1 saturated heterocycles. The zero-order valence-electron chi connectivity index (χ0n) is 6.33. The normalized spacial score (nSPS) is 29.1. The van der Waals surface area contributed by atoms with Crippen molar-refractivity contribution in [2.24, 2.45) is 5.92 Å². The highest BCUT2D eigenvalue weighted by Crippen LogP contribution is 2.07. The Balaban J connectivity index is 2.79. The molecule has 6 nitrogen and oxygen atoms in total. The van der Waals surface area contributed by atoms with Gasteiger partial charge in [0.2, 0.25) is 5.91 Å². The van der Waals surface area contributed by atoms with Gasteiger partial charge < -0.3 is 10.4 Å². The molecule has 0 radical (unpaired) electrons. The monoisotopic (exact) mass is 172 g/mol. The quantitative estimate of drug-likeness (QED) is 0.468. The number of hydrogen-bond donors (Lipinski definition) is 3. The number of hydrogen-bond acceptors (Lipinski definition) is 3. The van der Waals surface area contributed by atoms with E-state index in [1.54, 1.807) is 0 Å². The predicted molar refractivity (Wildman–Crippen MR) is 37.3 cm³/mol. The molecule has 0 aromatic carbocycles. The Morgan fingerprint density at radius 1 is 1.50 bits per heavy atom. The predicted octanol–water partition coefficient (Wildman–Crippen LogP) is -1.08. The first-order valence-corrected chi connectivity index (χ1v) is 3.36. The highest BCUT2D eigenvalue weighted by atomic mass is 16.4. The van der Waals surface area contributed by atoms with E-state index in [1.807, 2.05) is 5.32 Å². The van der Waals surface area contributed by atoms with Crippen LogP contribution in [0, 0.1) is 5.92 Å². The van der Waals surface area contributed by atoms with Crippen molar-refractivity contribution in [2.75, 3.05) is 0 Å². The van der Waals surface area contributed by atoms with Crippen LogP contribution in [0.1, 0.15) is 6.92 Å². The van der Waals surface area contributed by atoms with Crippen LogP contribution in [0.5, 0.6) is 0 Å². The third kappa shape index (κ3) is 1.36. The third-order valence-corrected chi connectivity index (χ3v) is 1.70. The second-order valence-corrected chi connectivity index (χ2v) is 2.57. The van der Waals surface area contributed by atoms with E-state index in [2.05, 4.69) is 5.32 Å². The molecule has 12 heavy (non-hydrogen) atoms. The summed E-state index contributed by atoms with van der Waals surface area (Å²) in [4.78, 5) is 32.0. The van der Waals surface area contributed by atoms with E-state index in [0.717, 1.165) is 0 Å². The van der Waals surface area contributed by atoms with Gasteiger partial charge in [0.25, 0.3) is 0 Å². The van der Waals surface area contributed by atoms with E-state index in [1.165, 1.54) is 6.92 Å². The summed E-state index contributed by atoms with van der Waals surface area (Å²) >= 11 is 0. The van der Waals surface area contributed by atoms with Crippen molar-refractivity contribution < 1.29 is 19.5 Å². The highest BCUT2D eigenvalue weighted by molar-refractivity contribution is 6.02. The average Bonchev–Trinajstić information content (AvgIpc) is 1.96. The maximum atomic E-state index is 10.9. The molecule has 1 fully saturated rings. The van der Waals surface area contributed by atoms with E-state index < -0.39 is 29.9 Å². The third-order valence-electron chi connectivity index (χ3n) is 1.70. The van der Waals surface area contributed by atoms with Crippen LogP contribution >= 0.6 is 0 Å². The fourth-order valence-corrected chi connectivity index (χ4v) is 0.955. The second-order valence-electron chi connectivity index (χ2n) is 2.57.